The SMILES string of the molecule is O=C(O)CCCNC(=O)NCC1CC1. The molecule has 80 valence electrons. The first-order chi connectivity index (χ1) is 6.68. The van der Waals surface area contributed by atoms with E-state index in [-0.39, 0.29) is 12.5 Å². The number of carbonyl (C=O) groups is 2. The lowest BCUT2D eigenvalue weighted by Crippen LogP contribution is -2.37. The number of aliphatic carboxylic acids is 1. The fourth-order valence-corrected chi connectivity index (χ4v) is 1.06. The molecule has 0 aromatic rings. The Labute approximate surface area is 82.9 Å². The van der Waals surface area contributed by atoms with Gasteiger partial charge in [-0.25, -0.2) is 4.79 Å². The van der Waals surface area contributed by atoms with Crippen LogP contribution in [-0.2, 0) is 4.79 Å². The molecule has 14 heavy (non-hydrogen) atoms. The fraction of sp³-hybridized carbons (Fsp3) is 0.778. The molecule has 0 bridgehead atoms. The Morgan fingerprint density at radius 1 is 1.29 bits per heavy atom. The molecule has 0 aromatic heterocycles. The third-order valence-electron chi connectivity index (χ3n) is 2.10. The lowest BCUT2D eigenvalue weighted by Gasteiger charge is -2.05. The minimum Gasteiger partial charge on any atom is -0.481 e. The van der Waals surface area contributed by atoms with E-state index in [1.165, 1.54) is 12.8 Å². The monoisotopic (exact) mass is 200 g/mol. The number of carboxylic acids is 1. The van der Waals surface area contributed by atoms with Crippen molar-refractivity contribution in [2.45, 2.75) is 25.7 Å². The van der Waals surface area contributed by atoms with Crippen molar-refractivity contribution in [1.82, 2.24) is 10.6 Å². The van der Waals surface area contributed by atoms with Crippen LogP contribution in [0.2, 0.25) is 0 Å². The van der Waals surface area contributed by atoms with Crippen molar-refractivity contribution < 1.29 is 14.7 Å². The summed E-state index contributed by atoms with van der Waals surface area (Å²) in [5.41, 5.74) is 0. The van der Waals surface area contributed by atoms with Crippen LogP contribution in [0.5, 0.6) is 0 Å². The molecule has 0 unspecified atom stereocenters. The van der Waals surface area contributed by atoms with E-state index in [9.17, 15) is 9.59 Å². The molecule has 5 heteroatoms. The standard InChI is InChI=1S/C9H16N2O3/c12-8(13)2-1-5-10-9(14)11-6-7-3-4-7/h7H,1-6H2,(H,12,13)(H2,10,11,14). The zero-order chi connectivity index (χ0) is 10.4. The molecular formula is C9H16N2O3. The van der Waals surface area contributed by atoms with Crippen molar-refractivity contribution in [3.8, 4) is 0 Å². The molecule has 0 aromatic carbocycles. The molecule has 1 aliphatic carbocycles. The molecule has 0 heterocycles. The van der Waals surface area contributed by atoms with Gasteiger partial charge in [-0.3, -0.25) is 4.79 Å². The third kappa shape index (κ3) is 5.40. The van der Waals surface area contributed by atoms with Gasteiger partial charge in [0.1, 0.15) is 0 Å². The highest BCUT2D eigenvalue weighted by molar-refractivity contribution is 5.73. The van der Waals surface area contributed by atoms with Gasteiger partial charge in [0.25, 0.3) is 0 Å². The Morgan fingerprint density at radius 2 is 2.00 bits per heavy atom. The summed E-state index contributed by atoms with van der Waals surface area (Å²) in [7, 11) is 0. The fourth-order valence-electron chi connectivity index (χ4n) is 1.06. The van der Waals surface area contributed by atoms with Crippen LogP contribution in [0.3, 0.4) is 0 Å². The maximum absolute atomic E-state index is 11.1. The summed E-state index contributed by atoms with van der Waals surface area (Å²) >= 11 is 0. The summed E-state index contributed by atoms with van der Waals surface area (Å²) in [6.45, 7) is 1.16. The number of amides is 2. The molecule has 1 aliphatic rings. The summed E-state index contributed by atoms with van der Waals surface area (Å²) in [6, 6.07) is -0.192. The van der Waals surface area contributed by atoms with Gasteiger partial charge in [0.2, 0.25) is 0 Å². The molecule has 0 spiro atoms. The summed E-state index contributed by atoms with van der Waals surface area (Å²) in [5.74, 6) is -0.162. The van der Waals surface area contributed by atoms with E-state index >= 15 is 0 Å². The molecule has 0 radical (unpaired) electrons. The van der Waals surface area contributed by atoms with Gasteiger partial charge in [-0.2, -0.15) is 0 Å². The average Bonchev–Trinajstić information content (AvgIpc) is 2.92. The number of urea groups is 1. The first-order valence-corrected chi connectivity index (χ1v) is 4.92. The molecule has 3 N–H and O–H groups in total. The Balaban J connectivity index is 1.88. The highest BCUT2D eigenvalue weighted by Crippen LogP contribution is 2.27. The number of hydrogen-bond donors (Lipinski definition) is 3. The maximum Gasteiger partial charge on any atom is 0.314 e. The number of hydrogen-bond acceptors (Lipinski definition) is 2. The van der Waals surface area contributed by atoms with E-state index in [1.807, 2.05) is 0 Å². The quantitative estimate of drug-likeness (QED) is 0.548. The van der Waals surface area contributed by atoms with Crippen LogP contribution in [0.4, 0.5) is 4.79 Å². The van der Waals surface area contributed by atoms with E-state index in [4.69, 9.17) is 5.11 Å². The van der Waals surface area contributed by atoms with Crippen LogP contribution in [0.25, 0.3) is 0 Å². The summed E-state index contributed by atoms with van der Waals surface area (Å²) in [5, 5.41) is 13.7. The van der Waals surface area contributed by atoms with Gasteiger partial charge in [0.15, 0.2) is 0 Å². The van der Waals surface area contributed by atoms with Gasteiger partial charge in [-0.15, -0.1) is 0 Å². The van der Waals surface area contributed by atoms with E-state index in [0.717, 1.165) is 6.54 Å². The van der Waals surface area contributed by atoms with Crippen LogP contribution in [-0.4, -0.2) is 30.2 Å². The second-order valence-electron chi connectivity index (χ2n) is 3.58. The molecule has 0 atom stereocenters. The van der Waals surface area contributed by atoms with Crippen molar-refractivity contribution in [2.75, 3.05) is 13.1 Å². The Hall–Kier alpha value is -1.26. The van der Waals surface area contributed by atoms with Gasteiger partial charge < -0.3 is 15.7 Å². The van der Waals surface area contributed by atoms with E-state index in [0.29, 0.717) is 18.9 Å². The second kappa shape index (κ2) is 5.47. The zero-order valence-corrected chi connectivity index (χ0v) is 8.08. The lowest BCUT2D eigenvalue weighted by molar-refractivity contribution is -0.137. The van der Waals surface area contributed by atoms with Gasteiger partial charge >= 0.3 is 12.0 Å². The Bertz CT molecular complexity index is 214. The van der Waals surface area contributed by atoms with Gasteiger partial charge in [0, 0.05) is 19.5 Å². The smallest absolute Gasteiger partial charge is 0.314 e. The lowest BCUT2D eigenvalue weighted by atomic mass is 10.3. The number of nitrogens with one attached hydrogen (secondary N) is 2. The summed E-state index contributed by atoms with van der Waals surface area (Å²) in [4.78, 5) is 21.2. The van der Waals surface area contributed by atoms with E-state index in [1.54, 1.807) is 0 Å². The van der Waals surface area contributed by atoms with Crippen LogP contribution < -0.4 is 10.6 Å². The summed E-state index contributed by atoms with van der Waals surface area (Å²) in [6.07, 6.45) is 2.99. The van der Waals surface area contributed by atoms with Crippen LogP contribution in [0, 0.1) is 5.92 Å². The zero-order valence-electron chi connectivity index (χ0n) is 8.08. The summed E-state index contributed by atoms with van der Waals surface area (Å²) < 4.78 is 0. The topological polar surface area (TPSA) is 78.4 Å². The molecule has 5 nitrogen and oxygen atoms in total. The minimum absolute atomic E-state index is 0.100. The number of carbonyl (C=O) groups excluding carboxylic acids is 1. The van der Waals surface area contributed by atoms with E-state index < -0.39 is 5.97 Å². The van der Waals surface area contributed by atoms with Gasteiger partial charge in [-0.1, -0.05) is 0 Å². The molecule has 2 amide bonds. The molecular weight excluding hydrogens is 184 g/mol. The largest absolute Gasteiger partial charge is 0.481 e. The van der Waals surface area contributed by atoms with Crippen molar-refractivity contribution >= 4 is 12.0 Å². The highest BCUT2D eigenvalue weighted by Gasteiger charge is 2.21. The third-order valence-corrected chi connectivity index (χ3v) is 2.10. The van der Waals surface area contributed by atoms with Crippen molar-refractivity contribution in [2.24, 2.45) is 5.92 Å². The normalized spacial score (nSPS) is 14.9. The molecule has 0 saturated heterocycles. The number of carboxylic acid groups (broad SMARTS) is 1. The molecule has 1 saturated carbocycles. The molecule has 1 fully saturated rings. The molecule has 0 aliphatic heterocycles. The average molecular weight is 200 g/mol. The van der Waals surface area contributed by atoms with Crippen LogP contribution in [0.15, 0.2) is 0 Å². The van der Waals surface area contributed by atoms with Gasteiger partial charge in [-0.05, 0) is 25.2 Å². The minimum atomic E-state index is -0.829. The van der Waals surface area contributed by atoms with Crippen LogP contribution in [0.1, 0.15) is 25.7 Å². The van der Waals surface area contributed by atoms with Crippen molar-refractivity contribution in [3.05, 3.63) is 0 Å². The maximum atomic E-state index is 11.1. The Kier molecular flexibility index (Phi) is 4.22. The first kappa shape index (κ1) is 10.8. The predicted molar refractivity (Wildman–Crippen MR) is 51.0 cm³/mol. The molecule has 1 rings (SSSR count). The Morgan fingerprint density at radius 3 is 2.57 bits per heavy atom. The van der Waals surface area contributed by atoms with Gasteiger partial charge in [0.05, 0.1) is 0 Å². The number of rotatable bonds is 6. The second-order valence-corrected chi connectivity index (χ2v) is 3.58. The van der Waals surface area contributed by atoms with Crippen LogP contribution >= 0.6 is 0 Å². The first-order valence-electron chi connectivity index (χ1n) is 4.92. The van der Waals surface area contributed by atoms with E-state index in [2.05, 4.69) is 10.6 Å². The van der Waals surface area contributed by atoms with Crippen molar-refractivity contribution in [1.29, 1.82) is 0 Å². The van der Waals surface area contributed by atoms with Crippen molar-refractivity contribution in [3.63, 3.8) is 0 Å². The predicted octanol–water partition coefficient (Wildman–Crippen LogP) is 0.560. The highest BCUT2D eigenvalue weighted by atomic mass is 16.4.